The highest BCUT2D eigenvalue weighted by atomic mass is 32.2. The van der Waals surface area contributed by atoms with Gasteiger partial charge in [-0.1, -0.05) is 17.7 Å². The number of anilines is 1. The molecule has 1 aromatic rings. The second-order valence-electron chi connectivity index (χ2n) is 5.32. The molecule has 0 saturated carbocycles. The van der Waals surface area contributed by atoms with E-state index in [0.29, 0.717) is 17.9 Å². The summed E-state index contributed by atoms with van der Waals surface area (Å²) in [5.74, 6) is -0.481. The van der Waals surface area contributed by atoms with Crippen molar-refractivity contribution in [3.05, 3.63) is 29.3 Å². The first-order valence-corrected chi connectivity index (χ1v) is 8.81. The quantitative estimate of drug-likeness (QED) is 0.615. The lowest BCUT2D eigenvalue weighted by molar-refractivity contribution is -0.149. The number of benzene rings is 1. The molecule has 1 atom stereocenters. The van der Waals surface area contributed by atoms with E-state index in [4.69, 9.17) is 10.5 Å². The number of thioether (sulfide) groups is 1. The van der Waals surface area contributed by atoms with E-state index in [1.54, 1.807) is 6.07 Å². The Morgan fingerprint density at radius 2 is 2.00 bits per heavy atom. The molecule has 24 heavy (non-hydrogen) atoms. The average Bonchev–Trinajstić information content (AvgIpc) is 2.51. The number of carbonyl (C=O) groups excluding carboxylic acids is 3. The van der Waals surface area contributed by atoms with Crippen LogP contribution in [-0.2, 0) is 14.3 Å². The Morgan fingerprint density at radius 1 is 1.29 bits per heavy atom. The van der Waals surface area contributed by atoms with Crippen LogP contribution in [0.2, 0.25) is 0 Å². The Hall–Kier alpha value is -2.22. The van der Waals surface area contributed by atoms with Crippen LogP contribution in [0.25, 0.3) is 0 Å². The number of hydrogen-bond donors (Lipinski definition) is 3. The molecular weight excluding hydrogens is 330 g/mol. The van der Waals surface area contributed by atoms with E-state index in [2.05, 4.69) is 10.6 Å². The van der Waals surface area contributed by atoms with Crippen LogP contribution in [0.3, 0.4) is 0 Å². The standard InChI is InChI=1S/C16H23N3O4S/c1-10-4-5-12(11(2)8-10)18-14(20)9-23-15(21)13(6-7-24-3)19-16(17)22/h4-5,8,13H,6-7,9H2,1-3H3,(H,18,20)(H3,17,19,22)/t13-/m0/s1. The number of nitrogens with two attached hydrogens (primary N) is 1. The van der Waals surface area contributed by atoms with Gasteiger partial charge in [-0.2, -0.15) is 11.8 Å². The molecule has 1 aromatic carbocycles. The van der Waals surface area contributed by atoms with E-state index in [-0.39, 0.29) is 0 Å². The molecule has 3 amide bonds. The number of primary amides is 1. The Labute approximate surface area is 145 Å². The predicted octanol–water partition coefficient (Wildman–Crippen LogP) is 1.58. The number of carbonyl (C=O) groups is 3. The van der Waals surface area contributed by atoms with Crippen molar-refractivity contribution < 1.29 is 19.1 Å². The predicted molar refractivity (Wildman–Crippen MR) is 95.0 cm³/mol. The molecule has 0 heterocycles. The summed E-state index contributed by atoms with van der Waals surface area (Å²) in [7, 11) is 0. The maximum atomic E-state index is 12.0. The second kappa shape index (κ2) is 9.82. The van der Waals surface area contributed by atoms with E-state index in [1.165, 1.54) is 11.8 Å². The molecule has 0 aliphatic heterocycles. The minimum Gasteiger partial charge on any atom is -0.454 e. The molecular formula is C16H23N3O4S. The number of rotatable bonds is 8. The fraction of sp³-hybridized carbons (Fsp3) is 0.438. The molecule has 0 unspecified atom stereocenters. The maximum Gasteiger partial charge on any atom is 0.329 e. The van der Waals surface area contributed by atoms with Crippen molar-refractivity contribution in [2.45, 2.75) is 26.3 Å². The van der Waals surface area contributed by atoms with Crippen LogP contribution in [0.15, 0.2) is 18.2 Å². The summed E-state index contributed by atoms with van der Waals surface area (Å²) in [5, 5.41) is 5.01. The lowest BCUT2D eigenvalue weighted by Gasteiger charge is -2.16. The van der Waals surface area contributed by atoms with Gasteiger partial charge < -0.3 is 21.1 Å². The first-order chi connectivity index (χ1) is 11.3. The van der Waals surface area contributed by atoms with Crippen molar-refractivity contribution in [3.8, 4) is 0 Å². The first kappa shape index (κ1) is 19.8. The zero-order chi connectivity index (χ0) is 18.1. The molecule has 132 valence electrons. The zero-order valence-electron chi connectivity index (χ0n) is 14.0. The van der Waals surface area contributed by atoms with Crippen LogP contribution < -0.4 is 16.4 Å². The maximum absolute atomic E-state index is 12.0. The van der Waals surface area contributed by atoms with E-state index >= 15 is 0 Å². The summed E-state index contributed by atoms with van der Waals surface area (Å²) in [6.45, 7) is 3.41. The summed E-state index contributed by atoms with van der Waals surface area (Å²) < 4.78 is 4.97. The van der Waals surface area contributed by atoms with Gasteiger partial charge in [0.2, 0.25) is 0 Å². The number of ether oxygens (including phenoxy) is 1. The van der Waals surface area contributed by atoms with E-state index in [1.807, 2.05) is 32.2 Å². The van der Waals surface area contributed by atoms with Crippen molar-refractivity contribution in [1.82, 2.24) is 5.32 Å². The summed E-state index contributed by atoms with van der Waals surface area (Å²) in [5.41, 5.74) is 7.72. The Morgan fingerprint density at radius 3 is 2.58 bits per heavy atom. The van der Waals surface area contributed by atoms with Gasteiger partial charge in [-0.25, -0.2) is 9.59 Å². The largest absolute Gasteiger partial charge is 0.454 e. The number of amides is 3. The minimum absolute atomic E-state index is 0.377. The van der Waals surface area contributed by atoms with Gasteiger partial charge in [0.1, 0.15) is 6.04 Å². The van der Waals surface area contributed by atoms with Crippen LogP contribution in [-0.4, -0.2) is 42.6 Å². The highest BCUT2D eigenvalue weighted by molar-refractivity contribution is 7.98. The van der Waals surface area contributed by atoms with Crippen LogP contribution in [0, 0.1) is 13.8 Å². The molecule has 1 rings (SSSR count). The fourth-order valence-corrected chi connectivity index (χ4v) is 2.51. The molecule has 0 radical (unpaired) electrons. The molecule has 4 N–H and O–H groups in total. The van der Waals surface area contributed by atoms with Crippen molar-refractivity contribution in [2.24, 2.45) is 5.73 Å². The van der Waals surface area contributed by atoms with Crippen molar-refractivity contribution in [2.75, 3.05) is 23.9 Å². The van der Waals surface area contributed by atoms with Crippen LogP contribution in [0.4, 0.5) is 10.5 Å². The summed E-state index contributed by atoms with van der Waals surface area (Å²) >= 11 is 1.52. The van der Waals surface area contributed by atoms with Gasteiger partial charge in [-0.15, -0.1) is 0 Å². The molecule has 0 spiro atoms. The Kier molecular flexibility index (Phi) is 8.11. The van der Waals surface area contributed by atoms with Crippen molar-refractivity contribution in [3.63, 3.8) is 0 Å². The van der Waals surface area contributed by atoms with Gasteiger partial charge in [0.25, 0.3) is 5.91 Å². The number of esters is 1. The van der Waals surface area contributed by atoms with E-state index in [9.17, 15) is 14.4 Å². The summed E-state index contributed by atoms with van der Waals surface area (Å²) in [6, 6.07) is 3.95. The van der Waals surface area contributed by atoms with E-state index < -0.39 is 30.6 Å². The Balaban J connectivity index is 2.54. The number of aryl methyl sites for hydroxylation is 2. The second-order valence-corrected chi connectivity index (χ2v) is 6.30. The molecule has 0 bridgehead atoms. The molecule has 0 fully saturated rings. The number of nitrogens with one attached hydrogen (secondary N) is 2. The number of urea groups is 1. The third-order valence-electron chi connectivity index (χ3n) is 3.21. The van der Waals surface area contributed by atoms with E-state index in [0.717, 1.165) is 11.1 Å². The average molecular weight is 353 g/mol. The van der Waals surface area contributed by atoms with Crippen LogP contribution in [0.1, 0.15) is 17.5 Å². The minimum atomic E-state index is -0.858. The first-order valence-electron chi connectivity index (χ1n) is 7.42. The third-order valence-corrected chi connectivity index (χ3v) is 3.86. The van der Waals surface area contributed by atoms with Crippen LogP contribution >= 0.6 is 11.8 Å². The smallest absolute Gasteiger partial charge is 0.329 e. The molecule has 0 aromatic heterocycles. The SMILES string of the molecule is CSCC[C@H](NC(N)=O)C(=O)OCC(=O)Nc1ccc(C)cc1C. The van der Waals surface area contributed by atoms with Gasteiger partial charge >= 0.3 is 12.0 Å². The normalized spacial score (nSPS) is 11.5. The number of hydrogen-bond acceptors (Lipinski definition) is 5. The molecule has 0 aliphatic carbocycles. The van der Waals surface area contributed by atoms with Crippen molar-refractivity contribution >= 4 is 35.4 Å². The topological polar surface area (TPSA) is 111 Å². The summed E-state index contributed by atoms with van der Waals surface area (Å²) in [4.78, 5) is 34.8. The fourth-order valence-electron chi connectivity index (χ4n) is 2.03. The van der Waals surface area contributed by atoms with Gasteiger partial charge in [0.05, 0.1) is 0 Å². The van der Waals surface area contributed by atoms with Gasteiger partial charge in [0.15, 0.2) is 6.61 Å². The third kappa shape index (κ3) is 6.91. The molecule has 7 nitrogen and oxygen atoms in total. The lowest BCUT2D eigenvalue weighted by Crippen LogP contribution is -2.45. The van der Waals surface area contributed by atoms with Crippen molar-refractivity contribution in [1.29, 1.82) is 0 Å². The summed E-state index contributed by atoms with van der Waals surface area (Å²) in [6.07, 6.45) is 2.26. The van der Waals surface area contributed by atoms with Crippen LogP contribution in [0.5, 0.6) is 0 Å². The lowest BCUT2D eigenvalue weighted by atomic mass is 10.1. The molecule has 0 aliphatic rings. The molecule has 8 heteroatoms. The highest BCUT2D eigenvalue weighted by Gasteiger charge is 2.21. The van der Waals surface area contributed by atoms with Gasteiger partial charge in [-0.3, -0.25) is 4.79 Å². The molecule has 0 saturated heterocycles. The highest BCUT2D eigenvalue weighted by Crippen LogP contribution is 2.15. The monoisotopic (exact) mass is 353 g/mol. The van der Waals surface area contributed by atoms with Gasteiger partial charge in [-0.05, 0) is 43.9 Å². The Bertz CT molecular complexity index is 607. The van der Waals surface area contributed by atoms with Gasteiger partial charge in [0, 0.05) is 5.69 Å². The zero-order valence-corrected chi connectivity index (χ0v) is 14.9.